The van der Waals surface area contributed by atoms with Crippen molar-refractivity contribution in [2.75, 3.05) is 0 Å². The van der Waals surface area contributed by atoms with Crippen LogP contribution in [0.25, 0.3) is 21.9 Å². The summed E-state index contributed by atoms with van der Waals surface area (Å²) in [7, 11) is 0. The van der Waals surface area contributed by atoms with Gasteiger partial charge in [0.2, 0.25) is 0 Å². The summed E-state index contributed by atoms with van der Waals surface area (Å²) in [6, 6.07) is -1.65. The zero-order valence-corrected chi connectivity index (χ0v) is 11.4. The zero-order chi connectivity index (χ0) is 20.6. The Morgan fingerprint density at radius 1 is 1.00 bits per heavy atom. The number of fused-ring (bicyclic) bond motifs is 3. The van der Waals surface area contributed by atoms with Gasteiger partial charge in [-0.1, -0.05) is 51.0 Å². The van der Waals surface area contributed by atoms with Crippen molar-refractivity contribution in [3.05, 3.63) is 46.9 Å². The van der Waals surface area contributed by atoms with Gasteiger partial charge in [0.05, 0.1) is 6.85 Å². The van der Waals surface area contributed by atoms with Gasteiger partial charge >= 0.3 is 0 Å². The quantitative estimate of drug-likeness (QED) is 0.520. The molecule has 3 rings (SSSR count). The van der Waals surface area contributed by atoms with E-state index in [0.29, 0.717) is 11.1 Å². The van der Waals surface area contributed by atoms with Gasteiger partial charge in [0.1, 0.15) is 11.2 Å². The standard InChI is InChI=1S/C18H20O/c1-11-9-10-14-13-8-6-7-12(2)16(13)19-17(14)15(11)18(3,4)5/h6-10H,1-5H3/i2D3,6D,7D,8D,9D,10D. The minimum absolute atomic E-state index is 0.0149. The average Bonchev–Trinajstić information content (AvgIpc) is 2.87. The number of rotatable bonds is 0. The molecule has 0 aliphatic rings. The molecule has 1 nitrogen and oxygen atoms in total. The molecule has 0 amide bonds. The number of benzene rings is 2. The smallest absolute Gasteiger partial charge is 0.139 e. The third kappa shape index (κ3) is 1.76. The van der Waals surface area contributed by atoms with Gasteiger partial charge < -0.3 is 4.42 Å². The summed E-state index contributed by atoms with van der Waals surface area (Å²) in [6.45, 7) is 4.76. The van der Waals surface area contributed by atoms with Gasteiger partial charge in [0, 0.05) is 20.4 Å². The van der Waals surface area contributed by atoms with E-state index >= 15 is 0 Å². The molecule has 1 heterocycles. The van der Waals surface area contributed by atoms with Crippen LogP contribution in [0, 0.1) is 13.8 Å². The Hall–Kier alpha value is -1.76. The second-order valence-corrected chi connectivity index (χ2v) is 5.76. The van der Waals surface area contributed by atoms with Gasteiger partial charge in [-0.25, -0.2) is 0 Å². The fourth-order valence-electron chi connectivity index (χ4n) is 2.53. The Balaban J connectivity index is 2.76. The van der Waals surface area contributed by atoms with Crippen molar-refractivity contribution in [3.63, 3.8) is 0 Å². The first-order valence-corrected chi connectivity index (χ1v) is 6.16. The summed E-state index contributed by atoms with van der Waals surface area (Å²) in [6.07, 6.45) is 0. The molecule has 1 heteroatoms. The van der Waals surface area contributed by atoms with E-state index in [1.54, 1.807) is 6.92 Å². The zero-order valence-electron chi connectivity index (χ0n) is 19.4. The van der Waals surface area contributed by atoms with E-state index in [9.17, 15) is 0 Å². The molecular weight excluding hydrogens is 232 g/mol. The molecule has 0 aliphatic carbocycles. The molecule has 0 unspecified atom stereocenters. The maximum Gasteiger partial charge on any atom is 0.139 e. The van der Waals surface area contributed by atoms with Crippen LogP contribution >= 0.6 is 0 Å². The molecule has 0 aliphatic heterocycles. The van der Waals surface area contributed by atoms with Gasteiger partial charge in [0.25, 0.3) is 0 Å². The molecule has 0 N–H and O–H groups in total. The Labute approximate surface area is 125 Å². The second kappa shape index (κ2) is 3.86. The van der Waals surface area contributed by atoms with Crippen LogP contribution in [0.15, 0.2) is 34.6 Å². The van der Waals surface area contributed by atoms with Gasteiger partial charge in [-0.2, -0.15) is 0 Å². The Bertz CT molecular complexity index is 1010. The molecule has 0 atom stereocenters. The molecule has 3 aromatic rings. The predicted molar refractivity (Wildman–Crippen MR) is 81.9 cm³/mol. The molecule has 2 aromatic carbocycles. The van der Waals surface area contributed by atoms with E-state index in [2.05, 4.69) is 0 Å². The summed E-state index contributed by atoms with van der Waals surface area (Å²) in [4.78, 5) is 0. The molecule has 0 bridgehead atoms. The summed E-state index contributed by atoms with van der Waals surface area (Å²) in [5.74, 6) is 0. The topological polar surface area (TPSA) is 13.1 Å². The van der Waals surface area contributed by atoms with Crippen LogP contribution in [0.4, 0.5) is 0 Å². The minimum atomic E-state index is -2.71. The van der Waals surface area contributed by atoms with Crippen LogP contribution in [-0.2, 0) is 5.41 Å². The molecule has 1 aromatic heterocycles. The molecule has 0 fully saturated rings. The van der Waals surface area contributed by atoms with E-state index in [1.165, 1.54) is 0 Å². The molecule has 19 heavy (non-hydrogen) atoms. The van der Waals surface area contributed by atoms with Crippen LogP contribution < -0.4 is 0 Å². The van der Waals surface area contributed by atoms with Crippen LogP contribution in [0.2, 0.25) is 0 Å². The van der Waals surface area contributed by atoms with Gasteiger partial charge in [0.15, 0.2) is 0 Å². The fraction of sp³-hybridized carbons (Fsp3) is 0.333. The van der Waals surface area contributed by atoms with Crippen LogP contribution in [-0.4, -0.2) is 0 Å². The Morgan fingerprint density at radius 3 is 2.42 bits per heavy atom. The summed E-state index contributed by atoms with van der Waals surface area (Å²) >= 11 is 0. The first-order valence-electron chi connectivity index (χ1n) is 10.2. The van der Waals surface area contributed by atoms with E-state index in [4.69, 9.17) is 15.4 Å². The molecular formula is C18H20O. The van der Waals surface area contributed by atoms with E-state index in [1.807, 2.05) is 20.8 Å². The second-order valence-electron chi connectivity index (χ2n) is 5.76. The van der Waals surface area contributed by atoms with Crippen molar-refractivity contribution < 1.29 is 15.4 Å². The largest absolute Gasteiger partial charge is 0.455 e. The van der Waals surface area contributed by atoms with Gasteiger partial charge in [-0.05, 0) is 30.3 Å². The normalized spacial score (nSPS) is 19.2. The third-order valence-corrected chi connectivity index (χ3v) is 3.24. The van der Waals surface area contributed by atoms with Crippen molar-refractivity contribution in [1.82, 2.24) is 0 Å². The number of hydrogen-bond donors (Lipinski definition) is 0. The fourth-order valence-corrected chi connectivity index (χ4v) is 2.53. The van der Waals surface area contributed by atoms with Crippen molar-refractivity contribution >= 4 is 21.9 Å². The minimum Gasteiger partial charge on any atom is -0.455 e. The van der Waals surface area contributed by atoms with Crippen LogP contribution in [0.1, 0.15) is 48.4 Å². The lowest BCUT2D eigenvalue weighted by molar-refractivity contribution is 0.568. The van der Waals surface area contributed by atoms with E-state index in [-0.39, 0.29) is 40.1 Å². The molecule has 0 saturated heterocycles. The van der Waals surface area contributed by atoms with E-state index in [0.717, 1.165) is 0 Å². The SMILES string of the molecule is [2H]c1c([2H])c([2H])c2c(oc3c(C(C)(C)C)c(C)c([2H])c([2H])c32)c1C([2H])([2H])[2H]. The monoisotopic (exact) mass is 260 g/mol. The number of para-hydroxylation sites is 1. The lowest BCUT2D eigenvalue weighted by atomic mass is 9.83. The van der Waals surface area contributed by atoms with Crippen molar-refractivity contribution in [2.24, 2.45) is 0 Å². The Kier molecular flexibility index (Phi) is 1.25. The first-order chi connectivity index (χ1) is 12.2. The summed E-state index contributed by atoms with van der Waals surface area (Å²) in [5, 5.41) is 0.177. The maximum absolute atomic E-state index is 8.40. The third-order valence-electron chi connectivity index (χ3n) is 3.24. The lowest BCUT2D eigenvalue weighted by Crippen LogP contribution is -2.13. The lowest BCUT2D eigenvalue weighted by Gasteiger charge is -2.21. The first kappa shape index (κ1) is 6.13. The van der Waals surface area contributed by atoms with Crippen LogP contribution in [0.5, 0.6) is 0 Å². The molecule has 0 radical (unpaired) electrons. The number of furan rings is 1. The average molecular weight is 260 g/mol. The highest BCUT2D eigenvalue weighted by molar-refractivity contribution is 6.07. The van der Waals surface area contributed by atoms with Crippen LogP contribution in [0.3, 0.4) is 0 Å². The predicted octanol–water partition coefficient (Wildman–Crippen LogP) is 5.50. The molecule has 0 saturated carbocycles. The maximum atomic E-state index is 8.40. The summed E-state index contributed by atoms with van der Waals surface area (Å²) in [5.41, 5.74) is 0.398. The summed E-state index contributed by atoms with van der Waals surface area (Å²) < 4.78 is 70.3. The van der Waals surface area contributed by atoms with Gasteiger partial charge in [-0.3, -0.25) is 0 Å². The number of hydrogen-bond acceptors (Lipinski definition) is 1. The Morgan fingerprint density at radius 2 is 1.74 bits per heavy atom. The van der Waals surface area contributed by atoms with E-state index < -0.39 is 29.9 Å². The van der Waals surface area contributed by atoms with Crippen molar-refractivity contribution in [3.8, 4) is 0 Å². The number of aryl methyl sites for hydroxylation is 1. The highest BCUT2D eigenvalue weighted by Crippen LogP contribution is 2.38. The van der Waals surface area contributed by atoms with Crippen molar-refractivity contribution in [1.29, 1.82) is 0 Å². The van der Waals surface area contributed by atoms with Crippen molar-refractivity contribution in [2.45, 2.75) is 40.0 Å². The molecule has 0 spiro atoms. The highest BCUT2D eigenvalue weighted by atomic mass is 16.3. The van der Waals surface area contributed by atoms with Gasteiger partial charge in [-0.15, -0.1) is 0 Å². The molecule has 98 valence electrons. The highest BCUT2D eigenvalue weighted by Gasteiger charge is 2.23.